The molecule has 0 amide bonds. The van der Waals surface area contributed by atoms with Gasteiger partial charge in [0.25, 0.3) is 0 Å². The van der Waals surface area contributed by atoms with Crippen LogP contribution < -0.4 is 0 Å². The summed E-state index contributed by atoms with van der Waals surface area (Å²) in [5, 5.41) is 19.8. The number of hydrogen-bond donors (Lipinski definition) is 2. The minimum atomic E-state index is -0.997. The van der Waals surface area contributed by atoms with Crippen molar-refractivity contribution in [2.75, 3.05) is 0 Å². The lowest BCUT2D eigenvalue weighted by Crippen LogP contribution is -2.45. The van der Waals surface area contributed by atoms with Crippen LogP contribution in [0.3, 0.4) is 0 Å². The molecule has 0 aliphatic heterocycles. The molecule has 2 N–H and O–H groups in total. The van der Waals surface area contributed by atoms with Crippen LogP contribution in [0.1, 0.15) is 26.2 Å². The molecule has 3 aliphatic carbocycles. The highest BCUT2D eigenvalue weighted by Gasteiger charge is 2.65. The zero-order chi connectivity index (χ0) is 10.8. The number of aliphatic carboxylic acids is 1. The maximum atomic E-state index is 11.2. The summed E-state index contributed by atoms with van der Waals surface area (Å²) in [6.07, 6.45) is 4.75. The Morgan fingerprint density at radius 3 is 2.87 bits per heavy atom. The first kappa shape index (κ1) is 9.40. The summed E-state index contributed by atoms with van der Waals surface area (Å²) >= 11 is 0. The lowest BCUT2D eigenvalue weighted by atomic mass is 9.70. The summed E-state index contributed by atoms with van der Waals surface area (Å²) in [5.74, 6) is 0.373. The van der Waals surface area contributed by atoms with Gasteiger partial charge in [0.2, 0.25) is 0 Å². The molecule has 0 heterocycles. The Morgan fingerprint density at radius 1 is 1.47 bits per heavy atom. The van der Waals surface area contributed by atoms with Crippen LogP contribution in [0, 0.1) is 23.7 Å². The number of aliphatic hydroxyl groups is 1. The molecule has 2 unspecified atom stereocenters. The molecule has 0 aromatic rings. The molecular weight excluding hydrogens is 192 g/mol. The van der Waals surface area contributed by atoms with Gasteiger partial charge in [0.05, 0.1) is 5.57 Å². The molecule has 0 bridgehead atoms. The number of carboxylic acid groups (broad SMARTS) is 1. The highest BCUT2D eigenvalue weighted by Crippen LogP contribution is 2.65. The zero-order valence-corrected chi connectivity index (χ0v) is 8.81. The summed E-state index contributed by atoms with van der Waals surface area (Å²) < 4.78 is 0. The van der Waals surface area contributed by atoms with Crippen molar-refractivity contribution in [3.8, 4) is 0 Å². The van der Waals surface area contributed by atoms with Crippen molar-refractivity contribution >= 4 is 5.97 Å². The van der Waals surface area contributed by atoms with Gasteiger partial charge in [0, 0.05) is 0 Å². The number of fused-ring (bicyclic) bond motifs is 3. The number of rotatable bonds is 1. The molecular formula is C12H16O3. The Morgan fingerprint density at radius 2 is 2.20 bits per heavy atom. The predicted molar refractivity (Wildman–Crippen MR) is 54.2 cm³/mol. The molecule has 82 valence electrons. The van der Waals surface area contributed by atoms with Gasteiger partial charge in [-0.25, -0.2) is 4.79 Å². The van der Waals surface area contributed by atoms with Crippen molar-refractivity contribution in [2.24, 2.45) is 23.7 Å². The van der Waals surface area contributed by atoms with E-state index in [-0.39, 0.29) is 17.4 Å². The molecule has 2 fully saturated rings. The van der Waals surface area contributed by atoms with E-state index in [4.69, 9.17) is 0 Å². The quantitative estimate of drug-likeness (QED) is 0.685. The molecule has 3 aliphatic rings. The van der Waals surface area contributed by atoms with Crippen LogP contribution in [0.5, 0.6) is 0 Å². The summed E-state index contributed by atoms with van der Waals surface area (Å²) in [6.45, 7) is 2.03. The van der Waals surface area contributed by atoms with Gasteiger partial charge in [-0.1, -0.05) is 13.0 Å². The van der Waals surface area contributed by atoms with E-state index in [1.807, 2.05) is 6.92 Å². The molecule has 3 heteroatoms. The second-order valence-electron chi connectivity index (χ2n) is 5.46. The van der Waals surface area contributed by atoms with Crippen LogP contribution in [0.4, 0.5) is 0 Å². The summed E-state index contributed by atoms with van der Waals surface area (Å²) in [7, 11) is 0. The minimum absolute atomic E-state index is 0.187. The van der Waals surface area contributed by atoms with E-state index in [0.29, 0.717) is 11.8 Å². The average Bonchev–Trinajstić information content (AvgIpc) is 2.85. The SMILES string of the molecule is CC1C=C(C(=O)O)[C@@]2(O)[C@@H](C1)CC1C[C@H]12. The van der Waals surface area contributed by atoms with E-state index in [9.17, 15) is 15.0 Å². The topological polar surface area (TPSA) is 57.5 Å². The van der Waals surface area contributed by atoms with Gasteiger partial charge in [-0.15, -0.1) is 0 Å². The van der Waals surface area contributed by atoms with E-state index in [0.717, 1.165) is 19.3 Å². The minimum Gasteiger partial charge on any atom is -0.478 e. The summed E-state index contributed by atoms with van der Waals surface area (Å²) in [5.41, 5.74) is -0.723. The van der Waals surface area contributed by atoms with Crippen LogP contribution >= 0.6 is 0 Å². The summed E-state index contributed by atoms with van der Waals surface area (Å²) in [4.78, 5) is 11.2. The number of carboxylic acids is 1. The Balaban J connectivity index is 2.05. The monoisotopic (exact) mass is 208 g/mol. The second-order valence-corrected chi connectivity index (χ2v) is 5.46. The third-order valence-electron chi connectivity index (χ3n) is 4.47. The van der Waals surface area contributed by atoms with Gasteiger partial charge < -0.3 is 10.2 Å². The van der Waals surface area contributed by atoms with Crippen LogP contribution in [-0.2, 0) is 4.79 Å². The van der Waals surface area contributed by atoms with Gasteiger partial charge >= 0.3 is 5.97 Å². The fourth-order valence-corrected chi connectivity index (χ4v) is 3.77. The lowest BCUT2D eigenvalue weighted by Gasteiger charge is -2.38. The number of carbonyl (C=O) groups is 1. The molecule has 3 rings (SSSR count). The first-order chi connectivity index (χ1) is 7.03. The van der Waals surface area contributed by atoms with Gasteiger partial charge in [0.1, 0.15) is 5.60 Å². The van der Waals surface area contributed by atoms with Crippen molar-refractivity contribution in [1.82, 2.24) is 0 Å². The van der Waals surface area contributed by atoms with Crippen molar-refractivity contribution in [2.45, 2.75) is 31.8 Å². The van der Waals surface area contributed by atoms with E-state index in [1.54, 1.807) is 6.08 Å². The molecule has 15 heavy (non-hydrogen) atoms. The van der Waals surface area contributed by atoms with Crippen LogP contribution in [0.15, 0.2) is 11.6 Å². The standard InChI is InChI=1S/C12H16O3/c1-6-2-8-4-7-5-9(7)12(8,15)10(3-6)11(13)14/h3,6-9,15H,2,4-5H2,1H3,(H,13,14)/t6?,7?,8-,9+,12+/m0/s1. The van der Waals surface area contributed by atoms with Crippen molar-refractivity contribution in [1.29, 1.82) is 0 Å². The molecule has 2 saturated carbocycles. The first-order valence-electron chi connectivity index (χ1n) is 5.71. The Hall–Kier alpha value is -0.830. The fourth-order valence-electron chi connectivity index (χ4n) is 3.77. The molecule has 0 aromatic carbocycles. The lowest BCUT2D eigenvalue weighted by molar-refractivity contribution is -0.137. The van der Waals surface area contributed by atoms with E-state index in [1.165, 1.54) is 0 Å². The van der Waals surface area contributed by atoms with Crippen molar-refractivity contribution in [3.63, 3.8) is 0 Å². The Labute approximate surface area is 88.8 Å². The van der Waals surface area contributed by atoms with E-state index in [2.05, 4.69) is 0 Å². The Bertz CT molecular complexity index is 360. The third kappa shape index (κ3) is 1.07. The van der Waals surface area contributed by atoms with E-state index >= 15 is 0 Å². The van der Waals surface area contributed by atoms with Gasteiger partial charge in [-0.3, -0.25) is 0 Å². The molecule has 0 spiro atoms. The van der Waals surface area contributed by atoms with Gasteiger partial charge in [-0.05, 0) is 42.9 Å². The zero-order valence-electron chi connectivity index (χ0n) is 8.81. The van der Waals surface area contributed by atoms with Gasteiger partial charge in [0.15, 0.2) is 0 Å². The normalized spacial score (nSPS) is 51.7. The largest absolute Gasteiger partial charge is 0.478 e. The maximum absolute atomic E-state index is 11.2. The van der Waals surface area contributed by atoms with Crippen molar-refractivity contribution < 1.29 is 15.0 Å². The maximum Gasteiger partial charge on any atom is 0.334 e. The molecule has 0 radical (unpaired) electrons. The average molecular weight is 208 g/mol. The molecule has 0 saturated heterocycles. The highest BCUT2D eigenvalue weighted by atomic mass is 16.4. The highest BCUT2D eigenvalue weighted by molar-refractivity contribution is 5.89. The van der Waals surface area contributed by atoms with Gasteiger partial charge in [-0.2, -0.15) is 0 Å². The van der Waals surface area contributed by atoms with Crippen LogP contribution in [0.2, 0.25) is 0 Å². The molecule has 0 aromatic heterocycles. The Kier molecular flexibility index (Phi) is 1.66. The summed E-state index contributed by atoms with van der Waals surface area (Å²) in [6, 6.07) is 0. The molecule has 3 nitrogen and oxygen atoms in total. The van der Waals surface area contributed by atoms with Crippen LogP contribution in [-0.4, -0.2) is 21.8 Å². The van der Waals surface area contributed by atoms with E-state index < -0.39 is 11.6 Å². The smallest absolute Gasteiger partial charge is 0.334 e. The predicted octanol–water partition coefficient (Wildman–Crippen LogP) is 1.42. The fraction of sp³-hybridized carbons (Fsp3) is 0.750. The molecule has 5 atom stereocenters. The first-order valence-corrected chi connectivity index (χ1v) is 5.71. The van der Waals surface area contributed by atoms with Crippen LogP contribution in [0.25, 0.3) is 0 Å². The second kappa shape index (κ2) is 2.64. The number of allylic oxidation sites excluding steroid dienone is 1. The van der Waals surface area contributed by atoms with Crippen molar-refractivity contribution in [3.05, 3.63) is 11.6 Å². The third-order valence-corrected chi connectivity index (χ3v) is 4.47. The number of hydrogen-bond acceptors (Lipinski definition) is 2.